The van der Waals surface area contributed by atoms with Crippen molar-refractivity contribution in [1.82, 2.24) is 19.5 Å². The molecule has 1 aromatic carbocycles. The Hall–Kier alpha value is -2.79. The summed E-state index contributed by atoms with van der Waals surface area (Å²) in [7, 11) is 0. The number of hydrogen-bond acceptors (Lipinski definition) is 9. The van der Waals surface area contributed by atoms with Gasteiger partial charge in [-0.2, -0.15) is 0 Å². The summed E-state index contributed by atoms with van der Waals surface area (Å²) in [5.74, 6) is 0.734. The van der Waals surface area contributed by atoms with Gasteiger partial charge in [0.05, 0.1) is 12.9 Å². The normalized spacial score (nSPS) is 27.2. The molecular weight excluding hydrogens is 388 g/mol. The molecule has 5 rings (SSSR count). The number of para-hydroxylation sites is 1. The van der Waals surface area contributed by atoms with Crippen molar-refractivity contribution in [2.24, 2.45) is 0 Å². The Morgan fingerprint density at radius 2 is 1.67 bits per heavy atom. The monoisotopic (exact) mass is 412 g/mol. The number of aliphatic hydroxyl groups excluding tert-OH is 3. The van der Waals surface area contributed by atoms with Crippen molar-refractivity contribution >= 4 is 22.7 Å². The van der Waals surface area contributed by atoms with E-state index in [1.807, 2.05) is 18.2 Å². The number of ether oxygens (including phenoxy) is 1. The van der Waals surface area contributed by atoms with Crippen LogP contribution in [0, 0.1) is 0 Å². The van der Waals surface area contributed by atoms with Crippen LogP contribution in [-0.4, -0.2) is 85.9 Å². The third kappa shape index (κ3) is 3.18. The molecule has 2 saturated heterocycles. The third-order valence-electron chi connectivity index (χ3n) is 5.83. The number of nitrogens with zero attached hydrogens (tertiary/aromatic N) is 6. The first kappa shape index (κ1) is 19.2. The van der Waals surface area contributed by atoms with Crippen LogP contribution in [0.3, 0.4) is 0 Å². The lowest BCUT2D eigenvalue weighted by molar-refractivity contribution is -0.0511. The van der Waals surface area contributed by atoms with Crippen LogP contribution in [0.25, 0.3) is 11.2 Å². The number of hydrogen-bond donors (Lipinski definition) is 3. The standard InChI is InChI=1S/C20H24N6O4/c27-10-14-16(28)17(29)20(30-14)26-12-23-15-18(21-11-22-19(15)26)25-8-6-24(7-9-25)13-4-2-1-3-5-13/h1-5,11-12,14,16-17,20,27-29H,6-10H2/t14-,16-,17-,20-/m1/s1. The van der Waals surface area contributed by atoms with Gasteiger partial charge in [0.15, 0.2) is 23.2 Å². The maximum absolute atomic E-state index is 10.4. The third-order valence-corrected chi connectivity index (χ3v) is 5.83. The van der Waals surface area contributed by atoms with Gasteiger partial charge in [0.25, 0.3) is 0 Å². The van der Waals surface area contributed by atoms with Crippen molar-refractivity contribution in [3.05, 3.63) is 43.0 Å². The second-order valence-corrected chi connectivity index (χ2v) is 7.56. The molecular formula is C20H24N6O4. The first-order valence-corrected chi connectivity index (χ1v) is 10.0. The van der Waals surface area contributed by atoms with Gasteiger partial charge >= 0.3 is 0 Å². The van der Waals surface area contributed by atoms with E-state index in [-0.39, 0.29) is 6.61 Å². The molecule has 0 amide bonds. The number of imidazole rings is 1. The molecule has 10 nitrogen and oxygen atoms in total. The summed E-state index contributed by atoms with van der Waals surface area (Å²) in [6.07, 6.45) is -1.09. The summed E-state index contributed by atoms with van der Waals surface area (Å²) in [5.41, 5.74) is 2.34. The van der Waals surface area contributed by atoms with E-state index < -0.39 is 24.5 Å². The molecule has 0 aliphatic carbocycles. The second kappa shape index (κ2) is 7.80. The SMILES string of the molecule is OC[C@H]1O[C@@H](n2cnc3c(N4CCN(c5ccccc5)CC4)ncnc32)[C@H](O)[C@@H]1O. The van der Waals surface area contributed by atoms with Gasteiger partial charge in [0.2, 0.25) is 0 Å². The molecule has 4 heterocycles. The molecule has 0 radical (unpaired) electrons. The zero-order valence-electron chi connectivity index (χ0n) is 16.3. The number of anilines is 2. The molecule has 3 aromatic rings. The number of rotatable bonds is 4. The summed E-state index contributed by atoms with van der Waals surface area (Å²) in [6.45, 7) is 2.94. The van der Waals surface area contributed by atoms with Gasteiger partial charge < -0.3 is 29.9 Å². The van der Waals surface area contributed by atoms with Crippen LogP contribution < -0.4 is 9.80 Å². The molecule has 10 heteroatoms. The van der Waals surface area contributed by atoms with Crippen LogP contribution in [0.4, 0.5) is 11.5 Å². The lowest BCUT2D eigenvalue weighted by Crippen LogP contribution is -2.47. The van der Waals surface area contributed by atoms with Crippen LogP contribution >= 0.6 is 0 Å². The van der Waals surface area contributed by atoms with Crippen molar-refractivity contribution in [1.29, 1.82) is 0 Å². The van der Waals surface area contributed by atoms with Crippen LogP contribution in [0.15, 0.2) is 43.0 Å². The Bertz CT molecular complexity index is 1010. The van der Waals surface area contributed by atoms with Crippen molar-refractivity contribution in [3.63, 3.8) is 0 Å². The van der Waals surface area contributed by atoms with E-state index in [9.17, 15) is 15.3 Å². The van der Waals surface area contributed by atoms with Gasteiger partial charge in [-0.3, -0.25) is 4.57 Å². The fourth-order valence-corrected chi connectivity index (χ4v) is 4.18. The van der Waals surface area contributed by atoms with Crippen molar-refractivity contribution < 1.29 is 20.1 Å². The molecule has 2 aliphatic heterocycles. The Morgan fingerprint density at radius 1 is 0.933 bits per heavy atom. The zero-order valence-corrected chi connectivity index (χ0v) is 16.3. The molecule has 30 heavy (non-hydrogen) atoms. The summed E-state index contributed by atoms with van der Waals surface area (Å²) < 4.78 is 7.22. The van der Waals surface area contributed by atoms with E-state index in [1.165, 1.54) is 18.3 Å². The molecule has 0 saturated carbocycles. The van der Waals surface area contributed by atoms with Crippen LogP contribution in [-0.2, 0) is 4.74 Å². The molecule has 0 unspecified atom stereocenters. The number of aliphatic hydroxyl groups is 3. The minimum Gasteiger partial charge on any atom is -0.394 e. The molecule has 158 valence electrons. The summed E-state index contributed by atoms with van der Waals surface area (Å²) in [5, 5.41) is 29.8. The van der Waals surface area contributed by atoms with Gasteiger partial charge in [0, 0.05) is 31.9 Å². The molecule has 0 spiro atoms. The molecule has 3 N–H and O–H groups in total. The molecule has 2 fully saturated rings. The lowest BCUT2D eigenvalue weighted by atomic mass is 10.1. The van der Waals surface area contributed by atoms with E-state index in [2.05, 4.69) is 36.9 Å². The van der Waals surface area contributed by atoms with Crippen LogP contribution in [0.5, 0.6) is 0 Å². The highest BCUT2D eigenvalue weighted by Crippen LogP contribution is 2.33. The Kier molecular flexibility index (Phi) is 4.99. The van der Waals surface area contributed by atoms with Crippen LogP contribution in [0.1, 0.15) is 6.23 Å². The highest BCUT2D eigenvalue weighted by Gasteiger charge is 2.44. The second-order valence-electron chi connectivity index (χ2n) is 7.56. The van der Waals surface area contributed by atoms with Gasteiger partial charge in [0.1, 0.15) is 24.6 Å². The lowest BCUT2D eigenvalue weighted by Gasteiger charge is -2.36. The van der Waals surface area contributed by atoms with Gasteiger partial charge in [-0.1, -0.05) is 18.2 Å². The summed E-state index contributed by atoms with van der Waals surface area (Å²) in [6, 6.07) is 10.3. The molecule has 0 bridgehead atoms. The predicted molar refractivity (Wildman–Crippen MR) is 109 cm³/mol. The fourth-order valence-electron chi connectivity index (χ4n) is 4.18. The first-order valence-electron chi connectivity index (χ1n) is 10.0. The Morgan fingerprint density at radius 3 is 2.37 bits per heavy atom. The number of benzene rings is 1. The minimum absolute atomic E-state index is 0.382. The molecule has 2 aliphatic rings. The topological polar surface area (TPSA) is 120 Å². The van der Waals surface area contributed by atoms with Crippen molar-refractivity contribution in [2.45, 2.75) is 24.5 Å². The smallest absolute Gasteiger partial charge is 0.167 e. The summed E-state index contributed by atoms with van der Waals surface area (Å²) >= 11 is 0. The quantitative estimate of drug-likeness (QED) is 0.533. The number of aromatic nitrogens is 4. The highest BCUT2D eigenvalue weighted by molar-refractivity contribution is 5.83. The van der Waals surface area contributed by atoms with Crippen molar-refractivity contribution in [3.8, 4) is 0 Å². The minimum atomic E-state index is -1.19. The Labute approximate surface area is 173 Å². The molecule has 4 atom stereocenters. The average molecular weight is 412 g/mol. The Balaban J connectivity index is 1.38. The van der Waals surface area contributed by atoms with Gasteiger partial charge in [-0.25, -0.2) is 15.0 Å². The fraction of sp³-hybridized carbons (Fsp3) is 0.450. The zero-order chi connectivity index (χ0) is 20.7. The van der Waals surface area contributed by atoms with E-state index in [4.69, 9.17) is 4.74 Å². The first-order chi connectivity index (χ1) is 14.7. The average Bonchev–Trinajstić information content (AvgIpc) is 3.35. The summed E-state index contributed by atoms with van der Waals surface area (Å²) in [4.78, 5) is 17.8. The predicted octanol–water partition coefficient (Wildman–Crippen LogP) is -0.236. The maximum atomic E-state index is 10.4. The molecule has 2 aromatic heterocycles. The van der Waals surface area contributed by atoms with E-state index in [1.54, 1.807) is 4.57 Å². The van der Waals surface area contributed by atoms with Gasteiger partial charge in [-0.05, 0) is 12.1 Å². The number of fused-ring (bicyclic) bond motifs is 1. The van der Waals surface area contributed by atoms with Crippen LogP contribution in [0.2, 0.25) is 0 Å². The number of piperazine rings is 1. The highest BCUT2D eigenvalue weighted by atomic mass is 16.6. The van der Waals surface area contributed by atoms with Gasteiger partial charge in [-0.15, -0.1) is 0 Å². The van der Waals surface area contributed by atoms with E-state index in [0.717, 1.165) is 32.0 Å². The van der Waals surface area contributed by atoms with E-state index >= 15 is 0 Å². The van der Waals surface area contributed by atoms with E-state index in [0.29, 0.717) is 11.2 Å². The maximum Gasteiger partial charge on any atom is 0.167 e. The van der Waals surface area contributed by atoms with Crippen molar-refractivity contribution in [2.75, 3.05) is 42.6 Å². The largest absolute Gasteiger partial charge is 0.394 e.